The topological polar surface area (TPSA) is 70.9 Å². The molecule has 0 spiro atoms. The Kier molecular flexibility index (Phi) is 3.23. The number of carbonyl (C=O) groups is 1. The molecule has 0 radical (unpaired) electrons. The van der Waals surface area contributed by atoms with E-state index in [2.05, 4.69) is 15.5 Å². The Balaban J connectivity index is 2.13. The van der Waals surface area contributed by atoms with Crippen LogP contribution in [0.1, 0.15) is 46.2 Å². The van der Waals surface area contributed by atoms with Crippen molar-refractivity contribution in [2.45, 2.75) is 33.7 Å². The summed E-state index contributed by atoms with van der Waals surface area (Å²) in [4.78, 5) is 12.1. The maximum Gasteiger partial charge on any atom is 0.255 e. The molecule has 2 rings (SSSR count). The fraction of sp³-hybridized carbons (Fsp3) is 0.385. The van der Waals surface area contributed by atoms with Gasteiger partial charge in [-0.15, -0.1) is 0 Å². The summed E-state index contributed by atoms with van der Waals surface area (Å²) in [5.74, 6) is 1.45. The van der Waals surface area contributed by atoms with Gasteiger partial charge in [-0.3, -0.25) is 9.89 Å². The molecule has 2 N–H and O–H groups in total. The van der Waals surface area contributed by atoms with Gasteiger partial charge in [0.25, 0.3) is 5.91 Å². The molecule has 1 unspecified atom stereocenters. The molecule has 0 saturated heterocycles. The Morgan fingerprint density at radius 1 is 1.39 bits per heavy atom. The second-order valence-corrected chi connectivity index (χ2v) is 4.45. The highest BCUT2D eigenvalue weighted by Crippen LogP contribution is 2.17. The minimum Gasteiger partial charge on any atom is -0.464 e. The van der Waals surface area contributed by atoms with E-state index in [4.69, 9.17) is 4.42 Å². The third kappa shape index (κ3) is 2.30. The zero-order valence-electron chi connectivity index (χ0n) is 11.0. The molecule has 1 amide bonds. The maximum absolute atomic E-state index is 12.1. The standard InChI is InChI=1S/C13H17N3O2/c1-7-5-6-11(18-7)8(2)14-13(17)12-9(3)15-16-10(12)4/h5-6,8H,1-4H3,(H,14,17)(H,15,16). The van der Waals surface area contributed by atoms with Crippen molar-refractivity contribution in [3.05, 3.63) is 40.6 Å². The first-order valence-electron chi connectivity index (χ1n) is 5.87. The van der Waals surface area contributed by atoms with Crippen LogP contribution in [0.25, 0.3) is 0 Å². The maximum atomic E-state index is 12.1. The highest BCUT2D eigenvalue weighted by molar-refractivity contribution is 5.96. The normalized spacial score (nSPS) is 12.4. The lowest BCUT2D eigenvalue weighted by atomic mass is 10.1. The minimum absolute atomic E-state index is 0.139. The summed E-state index contributed by atoms with van der Waals surface area (Å²) in [6, 6.07) is 3.58. The monoisotopic (exact) mass is 247 g/mol. The number of aromatic nitrogens is 2. The van der Waals surface area contributed by atoms with Gasteiger partial charge >= 0.3 is 0 Å². The van der Waals surface area contributed by atoms with Gasteiger partial charge < -0.3 is 9.73 Å². The Morgan fingerprint density at radius 2 is 2.11 bits per heavy atom. The molecule has 0 fully saturated rings. The van der Waals surface area contributed by atoms with Crippen molar-refractivity contribution in [3.8, 4) is 0 Å². The van der Waals surface area contributed by atoms with Crippen molar-refractivity contribution in [2.24, 2.45) is 0 Å². The Hall–Kier alpha value is -2.04. The lowest BCUT2D eigenvalue weighted by molar-refractivity contribution is 0.0934. The Labute approximate surface area is 106 Å². The van der Waals surface area contributed by atoms with Crippen molar-refractivity contribution >= 4 is 5.91 Å². The number of nitrogens with one attached hydrogen (secondary N) is 2. The van der Waals surface area contributed by atoms with Crippen LogP contribution in [0.2, 0.25) is 0 Å². The van der Waals surface area contributed by atoms with Gasteiger partial charge in [-0.05, 0) is 39.8 Å². The van der Waals surface area contributed by atoms with E-state index in [0.717, 1.165) is 17.2 Å². The number of hydrogen-bond donors (Lipinski definition) is 2. The smallest absolute Gasteiger partial charge is 0.255 e. The summed E-state index contributed by atoms with van der Waals surface area (Å²) in [5, 5.41) is 9.71. The molecule has 96 valence electrons. The van der Waals surface area contributed by atoms with E-state index in [1.807, 2.05) is 32.9 Å². The number of rotatable bonds is 3. The number of amides is 1. The molecule has 1 atom stereocenters. The number of aryl methyl sites for hydroxylation is 3. The van der Waals surface area contributed by atoms with Gasteiger partial charge in [0.05, 0.1) is 17.3 Å². The number of nitrogens with zero attached hydrogens (tertiary/aromatic N) is 1. The van der Waals surface area contributed by atoms with E-state index in [0.29, 0.717) is 11.3 Å². The molecule has 5 heteroatoms. The van der Waals surface area contributed by atoms with Crippen LogP contribution in [0.15, 0.2) is 16.5 Å². The van der Waals surface area contributed by atoms with Crippen LogP contribution in [-0.4, -0.2) is 16.1 Å². The minimum atomic E-state index is -0.167. The fourth-order valence-corrected chi connectivity index (χ4v) is 1.91. The molecule has 0 bridgehead atoms. The van der Waals surface area contributed by atoms with E-state index in [1.54, 1.807) is 6.92 Å². The molecule has 0 aliphatic carbocycles. The number of H-pyrrole nitrogens is 1. The van der Waals surface area contributed by atoms with Crippen molar-refractivity contribution < 1.29 is 9.21 Å². The summed E-state index contributed by atoms with van der Waals surface area (Å²) in [5.41, 5.74) is 2.07. The first kappa shape index (κ1) is 12.4. The zero-order chi connectivity index (χ0) is 13.3. The molecule has 0 aliphatic rings. The van der Waals surface area contributed by atoms with Crippen LogP contribution < -0.4 is 5.32 Å². The molecular weight excluding hydrogens is 230 g/mol. The van der Waals surface area contributed by atoms with Gasteiger partial charge in [-0.2, -0.15) is 5.10 Å². The second kappa shape index (κ2) is 4.68. The zero-order valence-corrected chi connectivity index (χ0v) is 11.0. The Morgan fingerprint density at radius 3 is 2.61 bits per heavy atom. The number of furan rings is 1. The fourth-order valence-electron chi connectivity index (χ4n) is 1.91. The molecule has 2 heterocycles. The summed E-state index contributed by atoms with van der Waals surface area (Å²) in [6.07, 6.45) is 0. The first-order chi connectivity index (χ1) is 8.49. The van der Waals surface area contributed by atoms with Crippen LogP contribution in [0, 0.1) is 20.8 Å². The number of aromatic amines is 1. The summed E-state index contributed by atoms with van der Waals surface area (Å²) < 4.78 is 5.49. The van der Waals surface area contributed by atoms with Gasteiger partial charge in [0, 0.05) is 5.69 Å². The van der Waals surface area contributed by atoms with Crippen LogP contribution in [0.5, 0.6) is 0 Å². The van der Waals surface area contributed by atoms with E-state index < -0.39 is 0 Å². The lowest BCUT2D eigenvalue weighted by Gasteiger charge is -2.11. The molecule has 18 heavy (non-hydrogen) atoms. The highest BCUT2D eigenvalue weighted by Gasteiger charge is 2.19. The second-order valence-electron chi connectivity index (χ2n) is 4.45. The number of hydrogen-bond acceptors (Lipinski definition) is 3. The third-order valence-corrected chi connectivity index (χ3v) is 2.89. The molecule has 5 nitrogen and oxygen atoms in total. The van der Waals surface area contributed by atoms with Crippen LogP contribution >= 0.6 is 0 Å². The van der Waals surface area contributed by atoms with Crippen molar-refractivity contribution in [3.63, 3.8) is 0 Å². The summed E-state index contributed by atoms with van der Waals surface area (Å²) in [7, 11) is 0. The number of carbonyl (C=O) groups excluding carboxylic acids is 1. The SMILES string of the molecule is Cc1ccc(C(C)NC(=O)c2c(C)n[nH]c2C)o1. The predicted octanol–water partition coefficient (Wildman–Crippen LogP) is 2.42. The average Bonchev–Trinajstić information content (AvgIpc) is 2.85. The van der Waals surface area contributed by atoms with Gasteiger partial charge in [0.2, 0.25) is 0 Å². The van der Waals surface area contributed by atoms with Crippen LogP contribution in [-0.2, 0) is 0 Å². The van der Waals surface area contributed by atoms with E-state index >= 15 is 0 Å². The predicted molar refractivity (Wildman–Crippen MR) is 67.4 cm³/mol. The molecular formula is C13H17N3O2. The third-order valence-electron chi connectivity index (χ3n) is 2.89. The van der Waals surface area contributed by atoms with E-state index in [-0.39, 0.29) is 11.9 Å². The molecule has 0 aliphatic heterocycles. The van der Waals surface area contributed by atoms with Gasteiger partial charge in [0.15, 0.2) is 0 Å². The van der Waals surface area contributed by atoms with Crippen LogP contribution in [0.3, 0.4) is 0 Å². The largest absolute Gasteiger partial charge is 0.464 e. The van der Waals surface area contributed by atoms with Crippen LogP contribution in [0.4, 0.5) is 0 Å². The summed E-state index contributed by atoms with van der Waals surface area (Å²) >= 11 is 0. The molecule has 2 aromatic rings. The first-order valence-corrected chi connectivity index (χ1v) is 5.87. The summed E-state index contributed by atoms with van der Waals surface area (Å²) in [6.45, 7) is 7.40. The molecule has 0 aromatic carbocycles. The van der Waals surface area contributed by atoms with Crippen molar-refractivity contribution in [2.75, 3.05) is 0 Å². The Bertz CT molecular complexity index is 549. The van der Waals surface area contributed by atoms with Crippen molar-refractivity contribution in [1.29, 1.82) is 0 Å². The highest BCUT2D eigenvalue weighted by atomic mass is 16.3. The van der Waals surface area contributed by atoms with E-state index in [1.165, 1.54) is 0 Å². The lowest BCUT2D eigenvalue weighted by Crippen LogP contribution is -2.27. The van der Waals surface area contributed by atoms with Gasteiger partial charge in [0.1, 0.15) is 11.5 Å². The quantitative estimate of drug-likeness (QED) is 0.875. The van der Waals surface area contributed by atoms with E-state index in [9.17, 15) is 4.79 Å². The average molecular weight is 247 g/mol. The molecule has 2 aromatic heterocycles. The van der Waals surface area contributed by atoms with Crippen molar-refractivity contribution in [1.82, 2.24) is 15.5 Å². The van der Waals surface area contributed by atoms with Gasteiger partial charge in [-0.25, -0.2) is 0 Å². The molecule has 0 saturated carbocycles. The van der Waals surface area contributed by atoms with Gasteiger partial charge in [-0.1, -0.05) is 0 Å².